The van der Waals surface area contributed by atoms with Crippen LogP contribution in [0.4, 0.5) is 17.6 Å². The van der Waals surface area contributed by atoms with Crippen LogP contribution in [0.25, 0.3) is 0 Å². The third kappa shape index (κ3) is 4.81. The third-order valence-electron chi connectivity index (χ3n) is 5.54. The van der Waals surface area contributed by atoms with Crippen LogP contribution in [0, 0.1) is 22.6 Å². The molecule has 10 heteroatoms. The van der Waals surface area contributed by atoms with E-state index in [0.717, 1.165) is 12.1 Å². The van der Waals surface area contributed by atoms with Crippen LogP contribution in [-0.4, -0.2) is 24.6 Å². The number of carboxylic acids is 1. The van der Waals surface area contributed by atoms with Crippen molar-refractivity contribution in [2.24, 2.45) is 5.41 Å². The van der Waals surface area contributed by atoms with Crippen molar-refractivity contribution in [2.45, 2.75) is 51.7 Å². The van der Waals surface area contributed by atoms with Gasteiger partial charge in [0.15, 0.2) is 0 Å². The minimum atomic E-state index is -4.98. The van der Waals surface area contributed by atoms with Gasteiger partial charge in [0.1, 0.15) is 5.82 Å². The number of aliphatic carboxylic acids is 1. The van der Waals surface area contributed by atoms with Crippen LogP contribution in [0.5, 0.6) is 0 Å². The maximum atomic E-state index is 13.7. The van der Waals surface area contributed by atoms with Crippen LogP contribution in [0.2, 0.25) is 0 Å². The van der Waals surface area contributed by atoms with Crippen molar-refractivity contribution in [1.29, 1.82) is 5.26 Å². The Balaban J connectivity index is 2.65. The number of halogens is 4. The van der Waals surface area contributed by atoms with Gasteiger partial charge in [0.25, 0.3) is 0 Å². The zero-order valence-corrected chi connectivity index (χ0v) is 17.1. The van der Waals surface area contributed by atoms with Gasteiger partial charge in [0, 0.05) is 30.0 Å². The average Bonchev–Trinajstić information content (AvgIpc) is 2.66. The van der Waals surface area contributed by atoms with Crippen molar-refractivity contribution in [1.82, 2.24) is 5.32 Å². The summed E-state index contributed by atoms with van der Waals surface area (Å²) in [5, 5.41) is 24.8. The van der Waals surface area contributed by atoms with Crippen LogP contribution in [0.15, 0.2) is 29.5 Å². The van der Waals surface area contributed by atoms with E-state index in [-0.39, 0.29) is 36.8 Å². The fourth-order valence-electron chi connectivity index (χ4n) is 3.99. The fourth-order valence-corrected chi connectivity index (χ4v) is 3.99. The highest BCUT2D eigenvalue weighted by atomic mass is 19.4. The summed E-state index contributed by atoms with van der Waals surface area (Å²) < 4.78 is 59.6. The summed E-state index contributed by atoms with van der Waals surface area (Å²) in [6, 6.07) is 2.80. The molecular weight excluding hydrogens is 420 g/mol. The van der Waals surface area contributed by atoms with E-state index in [1.54, 1.807) is 6.07 Å². The Kier molecular flexibility index (Phi) is 6.99. The lowest BCUT2D eigenvalue weighted by Crippen LogP contribution is -2.59. The molecule has 0 amide bonds. The number of hydrogen-bond donors (Lipinski definition) is 1. The van der Waals surface area contributed by atoms with E-state index >= 15 is 0 Å². The molecule has 31 heavy (non-hydrogen) atoms. The van der Waals surface area contributed by atoms with Gasteiger partial charge in [0.05, 0.1) is 29.8 Å². The van der Waals surface area contributed by atoms with Crippen molar-refractivity contribution in [3.63, 3.8) is 0 Å². The molecule has 1 aromatic carbocycles. The molecule has 1 aliphatic rings. The number of nitrogens with zero attached hydrogens (tertiary/aromatic N) is 1. The van der Waals surface area contributed by atoms with Gasteiger partial charge in [-0.15, -0.1) is 0 Å². The first kappa shape index (κ1) is 24.2. The van der Waals surface area contributed by atoms with Crippen molar-refractivity contribution >= 4 is 11.9 Å². The quantitative estimate of drug-likeness (QED) is 0.414. The minimum absolute atomic E-state index is 0.0144. The van der Waals surface area contributed by atoms with Gasteiger partial charge in [-0.2, -0.15) is 18.4 Å². The molecule has 0 saturated heterocycles. The standard InChI is InChI=1S/C21H22F4N2O4/c1-11-15(10-26)18(14-7-6-13(22)9-16(14)21(23,24)25)20(3,19(29)30)17(27-11)5-4-8-31-12(2)28/h6-7,9,17-18,27H,4-5,8H2,1-3H3,(H,29,30)/p-1. The molecule has 0 aliphatic carbocycles. The Morgan fingerprint density at radius 3 is 2.52 bits per heavy atom. The van der Waals surface area contributed by atoms with Gasteiger partial charge in [-0.25, -0.2) is 4.39 Å². The Morgan fingerprint density at radius 2 is 2.00 bits per heavy atom. The number of carboxylic acid groups (broad SMARTS) is 1. The largest absolute Gasteiger partial charge is 0.549 e. The maximum absolute atomic E-state index is 13.7. The first-order chi connectivity index (χ1) is 14.3. The van der Waals surface area contributed by atoms with E-state index in [2.05, 4.69) is 5.32 Å². The molecule has 0 aromatic heterocycles. The van der Waals surface area contributed by atoms with Crippen LogP contribution >= 0.6 is 0 Å². The van der Waals surface area contributed by atoms with E-state index in [4.69, 9.17) is 4.74 Å². The highest BCUT2D eigenvalue weighted by Crippen LogP contribution is 2.51. The van der Waals surface area contributed by atoms with Gasteiger partial charge in [0.2, 0.25) is 0 Å². The first-order valence-electron chi connectivity index (χ1n) is 9.42. The second-order valence-corrected chi connectivity index (χ2v) is 7.56. The fraction of sp³-hybridized carbons (Fsp3) is 0.476. The molecule has 0 radical (unpaired) electrons. The molecule has 6 nitrogen and oxygen atoms in total. The molecule has 1 heterocycles. The molecule has 1 aromatic rings. The Morgan fingerprint density at radius 1 is 1.35 bits per heavy atom. The predicted molar refractivity (Wildman–Crippen MR) is 98.4 cm³/mol. The lowest BCUT2D eigenvalue weighted by Gasteiger charge is -2.49. The van der Waals surface area contributed by atoms with E-state index in [9.17, 15) is 37.5 Å². The van der Waals surface area contributed by atoms with Crippen molar-refractivity contribution in [3.05, 3.63) is 46.4 Å². The number of allylic oxidation sites excluding steroid dienone is 2. The second kappa shape index (κ2) is 8.96. The zero-order chi connectivity index (χ0) is 23.6. The summed E-state index contributed by atoms with van der Waals surface area (Å²) in [6.07, 6.45) is -4.65. The smallest absolute Gasteiger partial charge is 0.416 e. The summed E-state index contributed by atoms with van der Waals surface area (Å²) in [7, 11) is 0. The Bertz CT molecular complexity index is 952. The van der Waals surface area contributed by atoms with Gasteiger partial charge in [-0.05, 0) is 37.5 Å². The molecule has 0 bridgehead atoms. The zero-order valence-electron chi connectivity index (χ0n) is 17.1. The summed E-state index contributed by atoms with van der Waals surface area (Å²) in [4.78, 5) is 23.2. The second-order valence-electron chi connectivity index (χ2n) is 7.56. The van der Waals surface area contributed by atoms with Crippen LogP contribution in [0.3, 0.4) is 0 Å². The van der Waals surface area contributed by atoms with Gasteiger partial charge < -0.3 is 20.0 Å². The molecule has 2 rings (SSSR count). The Labute approximate surface area is 176 Å². The molecule has 168 valence electrons. The molecule has 3 atom stereocenters. The molecule has 3 unspecified atom stereocenters. The van der Waals surface area contributed by atoms with E-state index in [0.29, 0.717) is 0 Å². The minimum Gasteiger partial charge on any atom is -0.549 e. The number of hydrogen-bond acceptors (Lipinski definition) is 6. The maximum Gasteiger partial charge on any atom is 0.416 e. The Hall–Kier alpha value is -3.09. The summed E-state index contributed by atoms with van der Waals surface area (Å²) in [6.45, 7) is 3.85. The number of esters is 1. The lowest BCUT2D eigenvalue weighted by atomic mass is 9.61. The molecular formula is C21H21F4N2O4-. The molecule has 0 saturated carbocycles. The van der Waals surface area contributed by atoms with Gasteiger partial charge in [-0.1, -0.05) is 13.0 Å². The number of alkyl halides is 3. The highest BCUT2D eigenvalue weighted by molar-refractivity contribution is 5.77. The van der Waals surface area contributed by atoms with Crippen LogP contribution < -0.4 is 10.4 Å². The topological polar surface area (TPSA) is 102 Å². The average molecular weight is 441 g/mol. The SMILES string of the molecule is CC(=O)OCCCC1NC(C)=C(C#N)C(c2ccc(F)cc2C(F)(F)F)C1(C)C(=O)[O-]. The molecule has 0 spiro atoms. The number of ether oxygens (including phenoxy) is 1. The molecule has 1 aliphatic heterocycles. The third-order valence-corrected chi connectivity index (χ3v) is 5.54. The number of carbonyl (C=O) groups excluding carboxylic acids is 2. The van der Waals surface area contributed by atoms with Crippen LogP contribution in [0.1, 0.15) is 50.7 Å². The predicted octanol–water partition coefficient (Wildman–Crippen LogP) is 2.80. The van der Waals surface area contributed by atoms with Gasteiger partial charge in [-0.3, -0.25) is 4.79 Å². The number of carbonyl (C=O) groups is 2. The van der Waals surface area contributed by atoms with Crippen LogP contribution in [-0.2, 0) is 20.5 Å². The normalized spacial score (nSPS) is 23.7. The number of nitriles is 1. The highest BCUT2D eigenvalue weighted by Gasteiger charge is 2.51. The molecule has 0 fully saturated rings. The van der Waals surface area contributed by atoms with Crippen molar-refractivity contribution in [3.8, 4) is 6.07 Å². The van der Waals surface area contributed by atoms with Crippen molar-refractivity contribution < 1.29 is 37.0 Å². The summed E-state index contributed by atoms with van der Waals surface area (Å²) in [5.74, 6) is -4.88. The van der Waals surface area contributed by atoms with Crippen molar-refractivity contribution in [2.75, 3.05) is 6.61 Å². The van der Waals surface area contributed by atoms with E-state index in [1.165, 1.54) is 20.8 Å². The first-order valence-corrected chi connectivity index (χ1v) is 9.42. The monoisotopic (exact) mass is 441 g/mol. The summed E-state index contributed by atoms with van der Waals surface area (Å²) in [5.41, 5.74) is -3.87. The van der Waals surface area contributed by atoms with E-state index < -0.39 is 52.4 Å². The van der Waals surface area contributed by atoms with E-state index in [1.807, 2.05) is 0 Å². The lowest BCUT2D eigenvalue weighted by molar-refractivity contribution is -0.321. The summed E-state index contributed by atoms with van der Waals surface area (Å²) >= 11 is 0. The number of rotatable bonds is 6. The number of nitrogens with one attached hydrogen (secondary N) is 1. The molecule has 1 N–H and O–H groups in total. The van der Waals surface area contributed by atoms with Gasteiger partial charge >= 0.3 is 12.1 Å². The number of benzene rings is 1.